The molecule has 0 spiro atoms. The van der Waals surface area contributed by atoms with E-state index in [9.17, 15) is 0 Å². The monoisotopic (exact) mass is 153 g/mol. The summed E-state index contributed by atoms with van der Waals surface area (Å²) in [5.41, 5.74) is 11.5. The molecular weight excluding hydrogens is 146 g/mol. The Balaban J connectivity index is 2.44. The van der Waals surface area contributed by atoms with Gasteiger partial charge in [0.1, 0.15) is 5.69 Å². The fourth-order valence-corrected chi connectivity index (χ4v) is 0.811. The number of H-pyrrole nitrogens is 1. The van der Waals surface area contributed by atoms with E-state index in [1.807, 2.05) is 0 Å². The van der Waals surface area contributed by atoms with Crippen molar-refractivity contribution in [2.24, 2.45) is 16.5 Å². The average Bonchev–Trinajstić information content (AvgIpc) is 2.31. The van der Waals surface area contributed by atoms with Crippen LogP contribution in [0.1, 0.15) is 5.69 Å². The first kappa shape index (κ1) is 6.25. The number of nitrogens with one attached hydrogen (secondary N) is 2. The summed E-state index contributed by atoms with van der Waals surface area (Å²) in [6, 6.07) is 0. The van der Waals surface area contributed by atoms with E-state index < -0.39 is 5.91 Å². The fourth-order valence-electron chi connectivity index (χ4n) is 0.811. The molecule has 0 bridgehead atoms. The van der Waals surface area contributed by atoms with Crippen molar-refractivity contribution in [1.82, 2.24) is 15.4 Å². The normalized spacial score (nSPS) is 19.1. The number of nitrogens with two attached hydrogens (primary N) is 2. The van der Waals surface area contributed by atoms with Gasteiger partial charge in [-0.05, 0) is 0 Å². The summed E-state index contributed by atoms with van der Waals surface area (Å²) >= 11 is 0. The van der Waals surface area contributed by atoms with Crippen LogP contribution in [0.5, 0.6) is 0 Å². The topological polar surface area (TPSA) is 118 Å². The van der Waals surface area contributed by atoms with E-state index in [-0.39, 0.29) is 0 Å². The largest absolute Gasteiger partial charge is 0.318 e. The molecule has 6 N–H and O–H groups in total. The molecule has 1 aromatic rings. The Labute approximate surface area is 61.9 Å². The Bertz CT molecular complexity index is 297. The zero-order valence-corrected chi connectivity index (χ0v) is 5.57. The third kappa shape index (κ3) is 0.954. The molecule has 2 heterocycles. The molecule has 11 heavy (non-hydrogen) atoms. The van der Waals surface area contributed by atoms with E-state index in [1.54, 1.807) is 0 Å². The molecule has 2 rings (SSSR count). The molecule has 1 aromatic heterocycles. The van der Waals surface area contributed by atoms with Gasteiger partial charge in [-0.3, -0.25) is 11.5 Å². The third-order valence-electron chi connectivity index (χ3n) is 1.29. The highest BCUT2D eigenvalue weighted by Crippen LogP contribution is 2.12. The van der Waals surface area contributed by atoms with Crippen molar-refractivity contribution in [3.63, 3.8) is 0 Å². The van der Waals surface area contributed by atoms with Gasteiger partial charge in [-0.15, -0.1) is 5.10 Å². The van der Waals surface area contributed by atoms with Gasteiger partial charge >= 0.3 is 0 Å². The first-order valence-electron chi connectivity index (χ1n) is 2.99. The Morgan fingerprint density at radius 1 is 1.36 bits per heavy atom. The molecule has 7 nitrogen and oxygen atoms in total. The number of aromatic nitrogens is 3. The summed E-state index contributed by atoms with van der Waals surface area (Å²) in [6.45, 7) is 0. The average molecular weight is 153 g/mol. The molecule has 0 aliphatic carbocycles. The van der Waals surface area contributed by atoms with E-state index in [4.69, 9.17) is 11.5 Å². The van der Waals surface area contributed by atoms with Crippen LogP contribution in [0.2, 0.25) is 0 Å². The Hall–Kier alpha value is -1.47. The first-order valence-corrected chi connectivity index (χ1v) is 2.99. The second-order valence-electron chi connectivity index (χ2n) is 2.27. The number of hydrogen-bond acceptors (Lipinski definition) is 6. The second-order valence-corrected chi connectivity index (χ2v) is 2.27. The highest BCUT2D eigenvalue weighted by Gasteiger charge is 2.23. The molecule has 7 heteroatoms. The molecule has 0 aromatic carbocycles. The van der Waals surface area contributed by atoms with Gasteiger partial charge in [-0.1, -0.05) is 0 Å². The van der Waals surface area contributed by atoms with Gasteiger partial charge in [-0.2, -0.15) is 10.3 Å². The quantitative estimate of drug-likeness (QED) is 0.327. The number of aromatic amines is 1. The van der Waals surface area contributed by atoms with E-state index >= 15 is 0 Å². The minimum absolute atomic E-state index is 0.519. The molecular formula is C4H7N7. The first-order chi connectivity index (χ1) is 5.17. The van der Waals surface area contributed by atoms with Crippen LogP contribution in [0, 0.1) is 0 Å². The van der Waals surface area contributed by atoms with Crippen molar-refractivity contribution in [3.05, 3.63) is 5.69 Å². The maximum atomic E-state index is 5.44. The lowest BCUT2D eigenvalue weighted by Gasteiger charge is -2.23. The highest BCUT2D eigenvalue weighted by atomic mass is 15.4. The molecule has 1 aliphatic heterocycles. The third-order valence-corrected chi connectivity index (χ3v) is 1.29. The van der Waals surface area contributed by atoms with Crippen LogP contribution in [0.3, 0.4) is 0 Å². The minimum atomic E-state index is -1.26. The molecule has 0 amide bonds. The SMILES string of the molecule is NC1(N)N=Cc2n[nH]nc2N1. The molecule has 0 unspecified atom stereocenters. The lowest BCUT2D eigenvalue weighted by molar-refractivity contribution is 0.531. The van der Waals surface area contributed by atoms with Gasteiger partial charge in [0.25, 0.3) is 0 Å². The van der Waals surface area contributed by atoms with E-state index in [2.05, 4.69) is 25.7 Å². The summed E-state index contributed by atoms with van der Waals surface area (Å²) < 4.78 is 0. The maximum absolute atomic E-state index is 5.44. The van der Waals surface area contributed by atoms with Crippen molar-refractivity contribution in [3.8, 4) is 0 Å². The van der Waals surface area contributed by atoms with Crippen LogP contribution >= 0.6 is 0 Å². The molecule has 0 saturated carbocycles. The minimum Gasteiger partial charge on any atom is -0.318 e. The summed E-state index contributed by atoms with van der Waals surface area (Å²) in [5, 5.41) is 12.6. The van der Waals surface area contributed by atoms with Gasteiger partial charge in [0.15, 0.2) is 5.82 Å². The van der Waals surface area contributed by atoms with Gasteiger partial charge in [0.2, 0.25) is 5.91 Å². The smallest absolute Gasteiger partial charge is 0.240 e. The van der Waals surface area contributed by atoms with Gasteiger partial charge in [-0.25, -0.2) is 4.99 Å². The Kier molecular flexibility index (Phi) is 1.01. The predicted octanol–water partition coefficient (Wildman–Crippen LogP) is -1.82. The lowest BCUT2D eigenvalue weighted by Crippen LogP contribution is -2.56. The van der Waals surface area contributed by atoms with Crippen molar-refractivity contribution < 1.29 is 0 Å². The molecule has 0 fully saturated rings. The van der Waals surface area contributed by atoms with Crippen molar-refractivity contribution in [2.75, 3.05) is 5.32 Å². The number of fused-ring (bicyclic) bond motifs is 1. The van der Waals surface area contributed by atoms with Gasteiger partial charge < -0.3 is 5.32 Å². The van der Waals surface area contributed by atoms with Crippen LogP contribution in [-0.2, 0) is 0 Å². The van der Waals surface area contributed by atoms with Crippen LogP contribution in [0.4, 0.5) is 5.82 Å². The molecule has 1 aliphatic rings. The lowest BCUT2D eigenvalue weighted by atomic mass is 10.4. The Morgan fingerprint density at radius 2 is 2.18 bits per heavy atom. The summed E-state index contributed by atoms with van der Waals surface area (Å²) in [6.07, 6.45) is 1.47. The van der Waals surface area contributed by atoms with Gasteiger partial charge in [0, 0.05) is 0 Å². The zero-order chi connectivity index (χ0) is 7.90. The van der Waals surface area contributed by atoms with Crippen molar-refractivity contribution in [2.45, 2.75) is 5.91 Å². The number of aliphatic imine (C=N–C) groups is 1. The number of hydrogen-bond donors (Lipinski definition) is 4. The molecule has 0 atom stereocenters. The molecule has 0 saturated heterocycles. The number of rotatable bonds is 0. The Morgan fingerprint density at radius 3 is 3.00 bits per heavy atom. The van der Waals surface area contributed by atoms with Crippen LogP contribution in [0.15, 0.2) is 4.99 Å². The summed E-state index contributed by atoms with van der Waals surface area (Å²) in [7, 11) is 0. The predicted molar refractivity (Wildman–Crippen MR) is 38.7 cm³/mol. The van der Waals surface area contributed by atoms with E-state index in [0.29, 0.717) is 11.5 Å². The van der Waals surface area contributed by atoms with E-state index in [0.717, 1.165) is 0 Å². The van der Waals surface area contributed by atoms with Crippen molar-refractivity contribution in [1.29, 1.82) is 0 Å². The number of anilines is 1. The standard InChI is InChI=1S/C4H7N7/c5-4(6)7-1-2-3(8-4)10-11-9-2/h1H,5-6H2,(H2,8,9,10,11). The van der Waals surface area contributed by atoms with Crippen LogP contribution in [-0.4, -0.2) is 27.5 Å². The van der Waals surface area contributed by atoms with E-state index in [1.165, 1.54) is 6.21 Å². The molecule has 58 valence electrons. The number of nitrogens with zero attached hydrogens (tertiary/aromatic N) is 3. The second kappa shape index (κ2) is 1.77. The van der Waals surface area contributed by atoms with Gasteiger partial charge in [0.05, 0.1) is 6.21 Å². The highest BCUT2D eigenvalue weighted by molar-refractivity contribution is 5.85. The van der Waals surface area contributed by atoms with Crippen LogP contribution in [0.25, 0.3) is 0 Å². The van der Waals surface area contributed by atoms with Crippen molar-refractivity contribution >= 4 is 12.0 Å². The summed E-state index contributed by atoms with van der Waals surface area (Å²) in [5.74, 6) is -0.742. The fraction of sp³-hybridized carbons (Fsp3) is 0.250. The maximum Gasteiger partial charge on any atom is 0.240 e. The zero-order valence-electron chi connectivity index (χ0n) is 5.57. The molecule has 0 radical (unpaired) electrons. The summed E-state index contributed by atoms with van der Waals surface area (Å²) in [4.78, 5) is 3.77. The van der Waals surface area contributed by atoms with Crippen LogP contribution < -0.4 is 16.8 Å².